The first-order valence-corrected chi connectivity index (χ1v) is 10.9. The quantitative estimate of drug-likeness (QED) is 0.384. The van der Waals surface area contributed by atoms with Crippen LogP contribution in [-0.4, -0.2) is 46.8 Å². The summed E-state index contributed by atoms with van der Waals surface area (Å²) < 4.78 is 33.0. The van der Waals surface area contributed by atoms with Crippen LogP contribution in [0.15, 0.2) is 35.7 Å². The molecule has 29 heavy (non-hydrogen) atoms. The molecule has 1 unspecified atom stereocenters. The number of hydrogen-bond donors (Lipinski definition) is 0. The Morgan fingerprint density at radius 1 is 1.31 bits per heavy atom. The number of piperidine rings is 1. The van der Waals surface area contributed by atoms with E-state index in [0.29, 0.717) is 30.2 Å². The molecule has 0 saturated carbocycles. The molecule has 1 aromatic carbocycles. The number of benzene rings is 1. The van der Waals surface area contributed by atoms with Gasteiger partial charge in [0.05, 0.1) is 12.0 Å². The van der Waals surface area contributed by atoms with Gasteiger partial charge in [-0.2, -0.15) is 0 Å². The molecule has 1 aliphatic heterocycles. The van der Waals surface area contributed by atoms with E-state index in [1.807, 2.05) is 6.26 Å². The van der Waals surface area contributed by atoms with Crippen LogP contribution in [0.3, 0.4) is 0 Å². The number of carbonyl (C=O) groups is 1. The van der Waals surface area contributed by atoms with Crippen molar-refractivity contribution in [1.82, 2.24) is 14.9 Å². The molecule has 0 amide bonds. The number of likely N-dealkylation sites (tertiary alicyclic amines) is 1. The highest BCUT2D eigenvalue weighted by molar-refractivity contribution is 7.98. The number of thioether (sulfide) groups is 1. The van der Waals surface area contributed by atoms with Crippen molar-refractivity contribution in [3.8, 4) is 0 Å². The zero-order valence-electron chi connectivity index (χ0n) is 16.7. The largest absolute Gasteiger partial charge is 0.466 e. The Labute approximate surface area is 173 Å². The van der Waals surface area contributed by atoms with E-state index in [1.165, 1.54) is 23.9 Å². The highest BCUT2D eigenvalue weighted by Gasteiger charge is 2.44. The van der Waals surface area contributed by atoms with Gasteiger partial charge >= 0.3 is 5.97 Å². The van der Waals surface area contributed by atoms with Crippen LogP contribution in [0.5, 0.6) is 0 Å². The average molecular weight is 422 g/mol. The molecule has 0 aliphatic carbocycles. The van der Waals surface area contributed by atoms with Gasteiger partial charge in [-0.15, -0.1) is 0 Å². The van der Waals surface area contributed by atoms with Crippen molar-refractivity contribution < 1.29 is 18.3 Å². The van der Waals surface area contributed by atoms with Gasteiger partial charge in [0.15, 0.2) is 5.16 Å². The summed E-state index contributed by atoms with van der Waals surface area (Å²) in [5.74, 6) is -1.59. The fraction of sp³-hybridized carbons (Fsp3) is 0.476. The van der Waals surface area contributed by atoms with E-state index in [1.54, 1.807) is 19.3 Å². The van der Waals surface area contributed by atoms with E-state index >= 15 is 0 Å². The molecule has 0 radical (unpaired) electrons. The lowest BCUT2D eigenvalue weighted by Crippen LogP contribution is -2.49. The van der Waals surface area contributed by atoms with Crippen LogP contribution in [0.2, 0.25) is 0 Å². The maximum atomic E-state index is 14.3. The second-order valence-electron chi connectivity index (χ2n) is 7.31. The number of halogens is 2. The minimum atomic E-state index is -0.868. The topological polar surface area (TPSA) is 55.3 Å². The lowest BCUT2D eigenvalue weighted by atomic mass is 9.75. The van der Waals surface area contributed by atoms with Crippen molar-refractivity contribution in [3.05, 3.63) is 53.4 Å². The number of hydrogen-bond acceptors (Lipinski definition) is 6. The summed E-state index contributed by atoms with van der Waals surface area (Å²) >= 11 is 1.48. The molecule has 1 atom stereocenters. The summed E-state index contributed by atoms with van der Waals surface area (Å²) in [6.45, 7) is 3.87. The van der Waals surface area contributed by atoms with Crippen LogP contribution in [0.1, 0.15) is 30.9 Å². The van der Waals surface area contributed by atoms with Crippen LogP contribution in [0, 0.1) is 17.0 Å². The SMILES string of the molecule is CCOC(=O)C1(Cc2ccc(F)cc2F)CCCN(Cc2cnc(SC)nc2)C1. The van der Waals surface area contributed by atoms with Crippen LogP contribution >= 0.6 is 11.8 Å². The smallest absolute Gasteiger partial charge is 0.313 e. The van der Waals surface area contributed by atoms with Crippen LogP contribution < -0.4 is 0 Å². The molecule has 0 spiro atoms. The van der Waals surface area contributed by atoms with Crippen molar-refractivity contribution in [2.45, 2.75) is 37.9 Å². The predicted molar refractivity (Wildman–Crippen MR) is 107 cm³/mol. The molecular formula is C21H25F2N3O2S. The standard InChI is InChI=1S/C21H25F2N3O2S/c1-3-28-19(27)21(10-16-5-6-17(22)9-18(16)23)7-4-8-26(14-21)13-15-11-24-20(29-2)25-12-15/h5-6,9,11-12H,3-4,7-8,10,13-14H2,1-2H3. The fourth-order valence-electron chi connectivity index (χ4n) is 3.85. The van der Waals surface area contributed by atoms with Gasteiger partial charge < -0.3 is 4.74 Å². The number of ether oxygens (including phenoxy) is 1. The number of rotatable bonds is 7. The fourth-order valence-corrected chi connectivity index (χ4v) is 4.16. The average Bonchev–Trinajstić information content (AvgIpc) is 2.71. The van der Waals surface area contributed by atoms with Gasteiger partial charge in [0, 0.05) is 37.1 Å². The highest BCUT2D eigenvalue weighted by Crippen LogP contribution is 2.36. The Morgan fingerprint density at radius 3 is 2.72 bits per heavy atom. The van der Waals surface area contributed by atoms with Gasteiger partial charge in [0.25, 0.3) is 0 Å². The summed E-state index contributed by atoms with van der Waals surface area (Å²) in [4.78, 5) is 23.7. The lowest BCUT2D eigenvalue weighted by molar-refractivity contribution is -0.159. The summed E-state index contributed by atoms with van der Waals surface area (Å²) in [6.07, 6.45) is 7.06. The Morgan fingerprint density at radius 2 is 2.07 bits per heavy atom. The molecule has 1 aromatic heterocycles. The van der Waals surface area contributed by atoms with Gasteiger partial charge in [-0.25, -0.2) is 18.7 Å². The summed E-state index contributed by atoms with van der Waals surface area (Å²) in [6, 6.07) is 3.50. The highest BCUT2D eigenvalue weighted by atomic mass is 32.2. The van der Waals surface area contributed by atoms with Gasteiger partial charge in [-0.1, -0.05) is 17.8 Å². The Kier molecular flexibility index (Phi) is 7.18. The minimum absolute atomic E-state index is 0.177. The summed E-state index contributed by atoms with van der Waals surface area (Å²) in [5, 5.41) is 0.708. The molecule has 156 valence electrons. The summed E-state index contributed by atoms with van der Waals surface area (Å²) in [5.41, 5.74) is 0.414. The van der Waals surface area contributed by atoms with Crippen molar-refractivity contribution in [3.63, 3.8) is 0 Å². The van der Waals surface area contributed by atoms with Gasteiger partial charge in [0.2, 0.25) is 0 Å². The maximum Gasteiger partial charge on any atom is 0.313 e. The third kappa shape index (κ3) is 5.30. The van der Waals surface area contributed by atoms with Gasteiger partial charge in [0.1, 0.15) is 11.6 Å². The first-order chi connectivity index (χ1) is 14.0. The molecule has 2 aromatic rings. The van der Waals surface area contributed by atoms with E-state index < -0.39 is 17.0 Å². The third-order valence-electron chi connectivity index (χ3n) is 5.18. The zero-order valence-corrected chi connectivity index (χ0v) is 17.5. The number of carbonyl (C=O) groups excluding carboxylic acids is 1. The molecule has 0 bridgehead atoms. The number of esters is 1. The first kappa shape index (κ1) is 21.6. The molecule has 3 rings (SSSR count). The van der Waals surface area contributed by atoms with Crippen molar-refractivity contribution in [2.24, 2.45) is 5.41 Å². The monoisotopic (exact) mass is 421 g/mol. The molecule has 1 saturated heterocycles. The second kappa shape index (κ2) is 9.63. The second-order valence-corrected chi connectivity index (χ2v) is 8.08. The number of aromatic nitrogens is 2. The van der Waals surface area contributed by atoms with Crippen LogP contribution in [0.25, 0.3) is 0 Å². The molecule has 1 fully saturated rings. The molecule has 1 aliphatic rings. The van der Waals surface area contributed by atoms with E-state index in [4.69, 9.17) is 4.74 Å². The first-order valence-electron chi connectivity index (χ1n) is 9.64. The predicted octanol–water partition coefficient (Wildman–Crippen LogP) is 3.86. The minimum Gasteiger partial charge on any atom is -0.466 e. The molecule has 5 nitrogen and oxygen atoms in total. The van der Waals surface area contributed by atoms with Gasteiger partial charge in [-0.05, 0) is 50.6 Å². The van der Waals surface area contributed by atoms with Crippen molar-refractivity contribution >= 4 is 17.7 Å². The Bertz CT molecular complexity index is 850. The Balaban J connectivity index is 1.81. The van der Waals surface area contributed by atoms with Crippen LogP contribution in [-0.2, 0) is 22.5 Å². The maximum absolute atomic E-state index is 14.3. The molecule has 0 N–H and O–H groups in total. The molecule has 8 heteroatoms. The Hall–Kier alpha value is -2.06. The van der Waals surface area contributed by atoms with Crippen molar-refractivity contribution in [1.29, 1.82) is 0 Å². The zero-order chi connectivity index (χ0) is 20.9. The number of nitrogens with zero attached hydrogens (tertiary/aromatic N) is 3. The molecule has 2 heterocycles. The van der Waals surface area contributed by atoms with Gasteiger partial charge in [-0.3, -0.25) is 9.69 Å². The van der Waals surface area contributed by atoms with E-state index in [2.05, 4.69) is 14.9 Å². The normalized spacial score (nSPS) is 19.9. The van der Waals surface area contributed by atoms with Crippen molar-refractivity contribution in [2.75, 3.05) is 26.0 Å². The van der Waals surface area contributed by atoms with E-state index in [-0.39, 0.29) is 19.0 Å². The lowest BCUT2D eigenvalue weighted by Gasteiger charge is -2.41. The molecular weight excluding hydrogens is 396 g/mol. The third-order valence-corrected chi connectivity index (χ3v) is 5.75. The summed E-state index contributed by atoms with van der Waals surface area (Å²) in [7, 11) is 0. The van der Waals surface area contributed by atoms with E-state index in [0.717, 1.165) is 24.6 Å². The van der Waals surface area contributed by atoms with Crippen LogP contribution in [0.4, 0.5) is 8.78 Å². The van der Waals surface area contributed by atoms with E-state index in [9.17, 15) is 13.6 Å².